The molecule has 0 N–H and O–H groups in total. The zero-order valence-electron chi connectivity index (χ0n) is 12.6. The largest absolute Gasteiger partial charge is 0.465 e. The van der Waals surface area contributed by atoms with Gasteiger partial charge in [0.2, 0.25) is 0 Å². The highest BCUT2D eigenvalue weighted by Crippen LogP contribution is 2.24. The molecule has 4 heteroatoms. The van der Waals surface area contributed by atoms with Crippen molar-refractivity contribution in [2.45, 2.75) is 39.0 Å². The molecule has 4 nitrogen and oxygen atoms in total. The Hall–Kier alpha value is -1.84. The third-order valence-corrected chi connectivity index (χ3v) is 3.72. The molecule has 0 atom stereocenters. The smallest absolute Gasteiger partial charge is 0.313 e. The highest BCUT2D eigenvalue weighted by Gasteiger charge is 2.14. The summed E-state index contributed by atoms with van der Waals surface area (Å²) in [6.45, 7) is 3.92. The van der Waals surface area contributed by atoms with Crippen LogP contribution in [0.3, 0.4) is 0 Å². The van der Waals surface area contributed by atoms with Crippen molar-refractivity contribution in [2.24, 2.45) is 0 Å². The van der Waals surface area contributed by atoms with Crippen molar-refractivity contribution in [1.82, 2.24) is 0 Å². The topological polar surface area (TPSA) is 46.6 Å². The lowest BCUT2D eigenvalue weighted by molar-refractivity contribution is -0.145. The first kappa shape index (κ1) is 15.5. The molecule has 114 valence electrons. The van der Waals surface area contributed by atoms with Crippen LogP contribution in [-0.4, -0.2) is 31.4 Å². The number of hydrogen-bond acceptors (Lipinski definition) is 4. The fourth-order valence-electron chi connectivity index (χ4n) is 2.69. The summed E-state index contributed by atoms with van der Waals surface area (Å²) in [6.07, 6.45) is 4.34. The van der Waals surface area contributed by atoms with Crippen LogP contribution >= 0.6 is 0 Å². The fourth-order valence-corrected chi connectivity index (χ4v) is 2.69. The van der Waals surface area contributed by atoms with E-state index in [0.29, 0.717) is 13.0 Å². The number of ketones is 1. The summed E-state index contributed by atoms with van der Waals surface area (Å²) < 4.78 is 5.12. The molecule has 2 rings (SSSR count). The number of ether oxygens (including phenoxy) is 1. The minimum Gasteiger partial charge on any atom is -0.465 e. The van der Waals surface area contributed by atoms with Gasteiger partial charge in [-0.05, 0) is 37.8 Å². The van der Waals surface area contributed by atoms with Gasteiger partial charge in [0.25, 0.3) is 0 Å². The zero-order chi connectivity index (χ0) is 15.1. The Morgan fingerprint density at radius 1 is 1.14 bits per heavy atom. The molecule has 0 aromatic heterocycles. The number of esters is 1. The molecule has 1 fully saturated rings. The van der Waals surface area contributed by atoms with Gasteiger partial charge in [-0.3, -0.25) is 9.59 Å². The molecule has 1 aromatic rings. The molecule has 0 unspecified atom stereocenters. The monoisotopic (exact) mass is 289 g/mol. The van der Waals surface area contributed by atoms with Gasteiger partial charge in [0.1, 0.15) is 12.2 Å². The van der Waals surface area contributed by atoms with Gasteiger partial charge >= 0.3 is 5.97 Å². The molecule has 0 saturated carbocycles. The predicted molar refractivity (Wildman–Crippen MR) is 82.5 cm³/mol. The van der Waals surface area contributed by atoms with E-state index in [9.17, 15) is 9.59 Å². The Bertz CT molecular complexity index is 493. The Morgan fingerprint density at radius 2 is 1.86 bits per heavy atom. The van der Waals surface area contributed by atoms with E-state index >= 15 is 0 Å². The fraction of sp³-hybridized carbons (Fsp3) is 0.529. The number of Topliss-reactive ketones (excluding diaryl/α,β-unsaturated/α-hetero) is 1. The van der Waals surface area contributed by atoms with Gasteiger partial charge in [0, 0.05) is 25.2 Å². The van der Waals surface area contributed by atoms with Crippen molar-refractivity contribution in [1.29, 1.82) is 0 Å². The number of nitrogens with zero attached hydrogens (tertiary/aromatic N) is 1. The molecule has 1 heterocycles. The molecule has 1 saturated heterocycles. The average Bonchev–Trinajstić information content (AvgIpc) is 2.48. The van der Waals surface area contributed by atoms with Crippen LogP contribution in [0.4, 0.5) is 5.69 Å². The number of hydrogen-bond donors (Lipinski definition) is 0. The number of para-hydroxylation sites is 1. The first-order valence-electron chi connectivity index (χ1n) is 7.65. The number of piperidine rings is 1. The maximum Gasteiger partial charge on any atom is 0.313 e. The summed E-state index contributed by atoms with van der Waals surface area (Å²) >= 11 is 0. The number of rotatable bonds is 6. The lowest BCUT2D eigenvalue weighted by Crippen LogP contribution is -2.30. The first-order valence-corrected chi connectivity index (χ1v) is 7.65. The van der Waals surface area contributed by atoms with Gasteiger partial charge in [0.05, 0.1) is 6.61 Å². The molecule has 21 heavy (non-hydrogen) atoms. The molecule has 0 radical (unpaired) electrons. The number of benzene rings is 1. The molecular weight excluding hydrogens is 266 g/mol. The van der Waals surface area contributed by atoms with E-state index in [1.807, 2.05) is 6.07 Å². The van der Waals surface area contributed by atoms with Crippen LogP contribution in [0.15, 0.2) is 24.3 Å². The summed E-state index contributed by atoms with van der Waals surface area (Å²) in [6, 6.07) is 8.29. The highest BCUT2D eigenvalue weighted by molar-refractivity contribution is 5.94. The van der Waals surface area contributed by atoms with Crippen LogP contribution in [-0.2, 0) is 20.7 Å². The molecular formula is C17H23NO3. The Labute approximate surface area is 126 Å². The third kappa shape index (κ3) is 4.88. The molecule has 0 bridgehead atoms. The normalized spacial score (nSPS) is 14.8. The highest BCUT2D eigenvalue weighted by atomic mass is 16.5. The molecule has 1 aliphatic rings. The zero-order valence-corrected chi connectivity index (χ0v) is 12.6. The van der Waals surface area contributed by atoms with Crippen LogP contribution in [0.25, 0.3) is 0 Å². The lowest BCUT2D eigenvalue weighted by Gasteiger charge is -2.30. The summed E-state index contributed by atoms with van der Waals surface area (Å²) in [5.41, 5.74) is 2.45. The van der Waals surface area contributed by atoms with E-state index in [-0.39, 0.29) is 12.2 Å². The summed E-state index contributed by atoms with van der Waals surface area (Å²) in [5.74, 6) is -0.591. The molecule has 1 aliphatic heterocycles. The van der Waals surface area contributed by atoms with Gasteiger partial charge < -0.3 is 9.64 Å². The Kier molecular flexibility index (Phi) is 5.78. The number of carbonyl (C=O) groups is 2. The van der Waals surface area contributed by atoms with Crippen molar-refractivity contribution in [3.8, 4) is 0 Å². The van der Waals surface area contributed by atoms with Crippen molar-refractivity contribution >= 4 is 17.4 Å². The second-order valence-electron chi connectivity index (χ2n) is 5.53. The quantitative estimate of drug-likeness (QED) is 0.597. The maximum atomic E-state index is 11.4. The van der Waals surface area contributed by atoms with Crippen molar-refractivity contribution in [3.05, 3.63) is 29.8 Å². The Balaban J connectivity index is 1.90. The molecule has 0 amide bonds. The summed E-state index contributed by atoms with van der Waals surface area (Å²) in [4.78, 5) is 24.6. The second-order valence-corrected chi connectivity index (χ2v) is 5.53. The molecule has 0 aliphatic carbocycles. The van der Waals surface area contributed by atoms with Crippen molar-refractivity contribution in [3.63, 3.8) is 0 Å². The third-order valence-electron chi connectivity index (χ3n) is 3.72. The maximum absolute atomic E-state index is 11.4. The number of carbonyl (C=O) groups excluding carboxylic acids is 2. The van der Waals surface area contributed by atoms with Crippen molar-refractivity contribution < 1.29 is 14.3 Å². The summed E-state index contributed by atoms with van der Waals surface area (Å²) in [5, 5.41) is 0. The van der Waals surface area contributed by atoms with E-state index in [1.165, 1.54) is 37.4 Å². The van der Waals surface area contributed by atoms with Crippen LogP contribution in [0.2, 0.25) is 0 Å². The number of anilines is 1. The van der Waals surface area contributed by atoms with E-state index < -0.39 is 5.97 Å². The van der Waals surface area contributed by atoms with Gasteiger partial charge in [-0.1, -0.05) is 18.2 Å². The predicted octanol–water partition coefficient (Wildman–Crippen LogP) is 2.74. The van der Waals surface area contributed by atoms with Crippen LogP contribution in [0.5, 0.6) is 0 Å². The van der Waals surface area contributed by atoms with E-state index in [4.69, 9.17) is 4.74 Å². The van der Waals surface area contributed by atoms with Crippen molar-refractivity contribution in [2.75, 3.05) is 24.6 Å². The SMILES string of the molecule is CC(=O)CC(=O)OCCc1ccccc1N1CCCCC1. The minimum atomic E-state index is -0.432. The molecule has 1 aromatic carbocycles. The van der Waals surface area contributed by atoms with Gasteiger partial charge in [-0.15, -0.1) is 0 Å². The van der Waals surface area contributed by atoms with E-state index in [0.717, 1.165) is 13.1 Å². The second kappa shape index (κ2) is 7.81. The molecule has 0 spiro atoms. The van der Waals surface area contributed by atoms with E-state index in [1.54, 1.807) is 0 Å². The first-order chi connectivity index (χ1) is 10.2. The lowest BCUT2D eigenvalue weighted by atomic mass is 10.1. The van der Waals surface area contributed by atoms with Crippen LogP contribution in [0.1, 0.15) is 38.2 Å². The Morgan fingerprint density at radius 3 is 2.57 bits per heavy atom. The minimum absolute atomic E-state index is 0.131. The van der Waals surface area contributed by atoms with Crippen LogP contribution < -0.4 is 4.90 Å². The van der Waals surface area contributed by atoms with Gasteiger partial charge in [-0.2, -0.15) is 0 Å². The standard InChI is InChI=1S/C17H23NO3/c1-14(19)13-17(20)21-12-9-15-7-3-4-8-16(15)18-10-5-2-6-11-18/h3-4,7-8H,2,5-6,9-13H2,1H3. The van der Waals surface area contributed by atoms with Gasteiger partial charge in [0.15, 0.2) is 0 Å². The average molecular weight is 289 g/mol. The van der Waals surface area contributed by atoms with Crippen LogP contribution in [0, 0.1) is 0 Å². The summed E-state index contributed by atoms with van der Waals surface area (Å²) in [7, 11) is 0. The van der Waals surface area contributed by atoms with Gasteiger partial charge in [-0.25, -0.2) is 0 Å². The van der Waals surface area contributed by atoms with E-state index in [2.05, 4.69) is 23.1 Å².